The Kier molecular flexibility index (Phi) is 5.12. The van der Waals surface area contributed by atoms with Gasteiger partial charge in [-0.05, 0) is 38.0 Å². The van der Waals surface area contributed by atoms with Gasteiger partial charge in [0.05, 0.1) is 5.25 Å². The number of nitrogens with two attached hydrogens (primary N) is 1. The van der Waals surface area contributed by atoms with E-state index in [1.54, 1.807) is 18.2 Å². The highest BCUT2D eigenvalue weighted by atomic mass is 32.2. The van der Waals surface area contributed by atoms with Gasteiger partial charge < -0.3 is 15.5 Å². The Labute approximate surface area is 128 Å². The zero-order valence-corrected chi connectivity index (χ0v) is 13.4. The van der Waals surface area contributed by atoms with Crippen molar-refractivity contribution >= 4 is 34.5 Å². The maximum Gasteiger partial charge on any atom is 0.257 e. The van der Waals surface area contributed by atoms with Crippen molar-refractivity contribution in [1.82, 2.24) is 10.3 Å². The van der Waals surface area contributed by atoms with Gasteiger partial charge >= 0.3 is 0 Å². The summed E-state index contributed by atoms with van der Waals surface area (Å²) in [5.74, 6) is 0.00969. The van der Waals surface area contributed by atoms with Crippen LogP contribution >= 0.6 is 11.8 Å². The Morgan fingerprint density at radius 2 is 2.14 bits per heavy atom. The van der Waals surface area contributed by atoms with E-state index in [-0.39, 0.29) is 17.2 Å². The summed E-state index contributed by atoms with van der Waals surface area (Å²) in [5.41, 5.74) is 7.75. The molecule has 1 aromatic carbocycles. The number of amides is 1. The fourth-order valence-electron chi connectivity index (χ4n) is 1.99. The van der Waals surface area contributed by atoms with Crippen LogP contribution < -0.4 is 11.1 Å². The second kappa shape index (κ2) is 6.85. The summed E-state index contributed by atoms with van der Waals surface area (Å²) in [6, 6.07) is 5.55. The second-order valence-corrected chi connectivity index (χ2v) is 6.28. The van der Waals surface area contributed by atoms with E-state index in [4.69, 9.17) is 10.2 Å². The van der Waals surface area contributed by atoms with Gasteiger partial charge in [0.2, 0.25) is 5.91 Å². The second-order valence-electron chi connectivity index (χ2n) is 4.99. The molecule has 0 spiro atoms. The lowest BCUT2D eigenvalue weighted by Gasteiger charge is -2.17. The molecule has 5 nitrogen and oxygen atoms in total. The molecular formula is C15H21N3O2S. The van der Waals surface area contributed by atoms with Crippen LogP contribution in [-0.4, -0.2) is 22.2 Å². The summed E-state index contributed by atoms with van der Waals surface area (Å²) in [4.78, 5) is 16.5. The number of benzene rings is 1. The SMILES string of the molecule is CCC(CC)NC(=O)C(C)Sc1nc2cc(N)ccc2o1. The van der Waals surface area contributed by atoms with Crippen molar-refractivity contribution in [2.75, 3.05) is 5.73 Å². The van der Waals surface area contributed by atoms with Crippen molar-refractivity contribution in [2.24, 2.45) is 0 Å². The molecular weight excluding hydrogens is 286 g/mol. The van der Waals surface area contributed by atoms with Gasteiger partial charge in [0.15, 0.2) is 5.58 Å². The average Bonchev–Trinajstić information content (AvgIpc) is 2.85. The number of oxazole rings is 1. The van der Waals surface area contributed by atoms with Gasteiger partial charge in [0.1, 0.15) is 5.52 Å². The fraction of sp³-hybridized carbons (Fsp3) is 0.467. The van der Waals surface area contributed by atoms with Gasteiger partial charge in [-0.3, -0.25) is 4.79 Å². The molecule has 0 aliphatic rings. The predicted molar refractivity (Wildman–Crippen MR) is 86.3 cm³/mol. The zero-order valence-electron chi connectivity index (χ0n) is 12.6. The minimum absolute atomic E-state index is 0.00969. The van der Waals surface area contributed by atoms with E-state index < -0.39 is 0 Å². The number of aromatic nitrogens is 1. The maximum absolute atomic E-state index is 12.1. The molecule has 3 N–H and O–H groups in total. The normalized spacial score (nSPS) is 12.8. The van der Waals surface area contributed by atoms with Crippen LogP contribution in [0.15, 0.2) is 27.8 Å². The monoisotopic (exact) mass is 307 g/mol. The average molecular weight is 307 g/mol. The molecule has 1 heterocycles. The van der Waals surface area contributed by atoms with Crippen LogP contribution in [0.1, 0.15) is 33.6 Å². The molecule has 0 aliphatic heterocycles. The smallest absolute Gasteiger partial charge is 0.257 e. The van der Waals surface area contributed by atoms with Crippen LogP contribution in [0.5, 0.6) is 0 Å². The Morgan fingerprint density at radius 1 is 1.43 bits per heavy atom. The molecule has 1 atom stereocenters. The number of fused-ring (bicyclic) bond motifs is 1. The molecule has 0 radical (unpaired) electrons. The number of nitrogens with zero attached hydrogens (tertiary/aromatic N) is 1. The van der Waals surface area contributed by atoms with Crippen molar-refractivity contribution in [3.05, 3.63) is 18.2 Å². The van der Waals surface area contributed by atoms with Gasteiger partial charge in [-0.15, -0.1) is 0 Å². The topological polar surface area (TPSA) is 81.2 Å². The first-order valence-corrected chi connectivity index (χ1v) is 8.04. The zero-order chi connectivity index (χ0) is 15.4. The van der Waals surface area contributed by atoms with Crippen molar-refractivity contribution in [3.8, 4) is 0 Å². The number of nitrogens with one attached hydrogen (secondary N) is 1. The van der Waals surface area contributed by atoms with Crippen molar-refractivity contribution < 1.29 is 9.21 Å². The number of carbonyl (C=O) groups is 1. The van der Waals surface area contributed by atoms with Crippen LogP contribution in [-0.2, 0) is 4.79 Å². The van der Waals surface area contributed by atoms with Gasteiger partial charge in [0.25, 0.3) is 5.22 Å². The molecule has 0 saturated carbocycles. The summed E-state index contributed by atoms with van der Waals surface area (Å²) in [6.07, 6.45) is 1.86. The summed E-state index contributed by atoms with van der Waals surface area (Å²) in [5, 5.41) is 3.27. The van der Waals surface area contributed by atoms with Crippen LogP contribution in [0.2, 0.25) is 0 Å². The minimum Gasteiger partial charge on any atom is -0.431 e. The molecule has 114 valence electrons. The molecule has 0 fully saturated rings. The molecule has 0 aliphatic carbocycles. The predicted octanol–water partition coefficient (Wildman–Crippen LogP) is 3.20. The van der Waals surface area contributed by atoms with Gasteiger partial charge in [-0.25, -0.2) is 4.98 Å². The van der Waals surface area contributed by atoms with Gasteiger partial charge in [-0.1, -0.05) is 25.6 Å². The number of nitrogen functional groups attached to an aromatic ring is 1. The van der Waals surface area contributed by atoms with Crippen LogP contribution in [0.3, 0.4) is 0 Å². The first-order chi connectivity index (χ1) is 10.0. The highest BCUT2D eigenvalue weighted by Crippen LogP contribution is 2.27. The molecule has 6 heteroatoms. The van der Waals surface area contributed by atoms with E-state index in [1.807, 2.05) is 6.92 Å². The van der Waals surface area contributed by atoms with Crippen molar-refractivity contribution in [1.29, 1.82) is 0 Å². The Balaban J connectivity index is 2.03. The third kappa shape index (κ3) is 3.91. The molecule has 0 saturated heterocycles. The Bertz CT molecular complexity index is 622. The van der Waals surface area contributed by atoms with E-state index >= 15 is 0 Å². The Hall–Kier alpha value is -1.69. The van der Waals surface area contributed by atoms with Gasteiger partial charge in [0, 0.05) is 11.7 Å². The number of anilines is 1. The molecule has 1 amide bonds. The first-order valence-electron chi connectivity index (χ1n) is 7.16. The highest BCUT2D eigenvalue weighted by molar-refractivity contribution is 8.00. The van der Waals surface area contributed by atoms with Gasteiger partial charge in [-0.2, -0.15) is 0 Å². The third-order valence-corrected chi connectivity index (χ3v) is 4.31. The van der Waals surface area contributed by atoms with E-state index in [2.05, 4.69) is 24.1 Å². The molecule has 2 aromatic rings. The number of rotatable bonds is 6. The Morgan fingerprint density at radius 3 is 2.81 bits per heavy atom. The number of carbonyl (C=O) groups excluding carboxylic acids is 1. The first kappa shape index (κ1) is 15.7. The summed E-state index contributed by atoms with van der Waals surface area (Å²) in [6.45, 7) is 5.99. The maximum atomic E-state index is 12.1. The van der Waals surface area contributed by atoms with E-state index in [0.717, 1.165) is 12.8 Å². The van der Waals surface area contributed by atoms with Crippen LogP contribution in [0.25, 0.3) is 11.1 Å². The summed E-state index contributed by atoms with van der Waals surface area (Å²) in [7, 11) is 0. The van der Waals surface area contributed by atoms with Crippen LogP contribution in [0, 0.1) is 0 Å². The highest BCUT2D eigenvalue weighted by Gasteiger charge is 2.19. The standard InChI is InChI=1S/C15H21N3O2S/c1-4-11(5-2)17-14(19)9(3)21-15-18-12-8-10(16)6-7-13(12)20-15/h6-9,11H,4-5,16H2,1-3H3,(H,17,19). The van der Waals surface area contributed by atoms with Crippen molar-refractivity contribution in [2.45, 2.75) is 50.1 Å². The largest absolute Gasteiger partial charge is 0.431 e. The van der Waals surface area contributed by atoms with Crippen LogP contribution in [0.4, 0.5) is 5.69 Å². The molecule has 0 bridgehead atoms. The lowest BCUT2D eigenvalue weighted by molar-refractivity contribution is -0.121. The fourth-order valence-corrected chi connectivity index (χ4v) is 2.76. The summed E-state index contributed by atoms with van der Waals surface area (Å²) >= 11 is 1.32. The molecule has 2 rings (SSSR count). The van der Waals surface area contributed by atoms with E-state index in [0.29, 0.717) is 22.0 Å². The molecule has 1 aromatic heterocycles. The van der Waals surface area contributed by atoms with E-state index in [1.165, 1.54) is 11.8 Å². The number of hydrogen-bond acceptors (Lipinski definition) is 5. The number of thioether (sulfide) groups is 1. The lowest BCUT2D eigenvalue weighted by atomic mass is 10.2. The van der Waals surface area contributed by atoms with E-state index in [9.17, 15) is 4.79 Å². The van der Waals surface area contributed by atoms with Crippen molar-refractivity contribution in [3.63, 3.8) is 0 Å². The lowest BCUT2D eigenvalue weighted by Crippen LogP contribution is -2.38. The minimum atomic E-state index is -0.254. The number of hydrogen-bond donors (Lipinski definition) is 2. The quantitative estimate of drug-likeness (QED) is 0.632. The third-order valence-electron chi connectivity index (χ3n) is 3.37. The molecule has 21 heavy (non-hydrogen) atoms. The molecule has 1 unspecified atom stereocenters. The summed E-state index contributed by atoms with van der Waals surface area (Å²) < 4.78 is 5.62.